The van der Waals surface area contributed by atoms with Gasteiger partial charge >= 0.3 is 5.97 Å². The highest BCUT2D eigenvalue weighted by molar-refractivity contribution is 5.96. The van der Waals surface area contributed by atoms with Crippen molar-refractivity contribution < 1.29 is 18.8 Å². The monoisotopic (exact) mass is 302 g/mol. The summed E-state index contributed by atoms with van der Waals surface area (Å²) >= 11 is 0. The van der Waals surface area contributed by atoms with Crippen molar-refractivity contribution in [3.63, 3.8) is 0 Å². The van der Waals surface area contributed by atoms with Gasteiger partial charge in [0.2, 0.25) is 0 Å². The second kappa shape index (κ2) is 6.89. The number of esters is 1. The van der Waals surface area contributed by atoms with Gasteiger partial charge in [0, 0.05) is 6.07 Å². The number of benzene rings is 1. The molecule has 1 aromatic carbocycles. The quantitative estimate of drug-likeness (QED) is 0.859. The van der Waals surface area contributed by atoms with Crippen molar-refractivity contribution in [3.05, 3.63) is 47.2 Å². The molecule has 1 amide bonds. The zero-order chi connectivity index (χ0) is 16.1. The SMILES string of the molecule is CCc1ccc(C(=O)O[C@H](C)C(=O)Nc2cc(C)on2)cc1. The minimum atomic E-state index is -0.935. The van der Waals surface area contributed by atoms with Crippen molar-refractivity contribution in [1.82, 2.24) is 5.16 Å². The third-order valence-corrected chi connectivity index (χ3v) is 3.13. The smallest absolute Gasteiger partial charge is 0.338 e. The van der Waals surface area contributed by atoms with Crippen LogP contribution in [0.2, 0.25) is 0 Å². The Morgan fingerprint density at radius 3 is 2.55 bits per heavy atom. The highest BCUT2D eigenvalue weighted by Gasteiger charge is 2.20. The lowest BCUT2D eigenvalue weighted by Gasteiger charge is -2.12. The summed E-state index contributed by atoms with van der Waals surface area (Å²) in [7, 11) is 0. The van der Waals surface area contributed by atoms with E-state index >= 15 is 0 Å². The normalized spacial score (nSPS) is 11.8. The van der Waals surface area contributed by atoms with Crippen molar-refractivity contribution in [2.75, 3.05) is 5.32 Å². The van der Waals surface area contributed by atoms with Crippen molar-refractivity contribution in [2.45, 2.75) is 33.3 Å². The number of aryl methyl sites for hydroxylation is 2. The second-order valence-electron chi connectivity index (χ2n) is 4.91. The Bertz CT molecular complexity index is 661. The molecule has 0 unspecified atom stereocenters. The number of aromatic nitrogens is 1. The van der Waals surface area contributed by atoms with E-state index < -0.39 is 18.0 Å². The van der Waals surface area contributed by atoms with Crippen LogP contribution in [0.1, 0.15) is 35.5 Å². The number of carbonyl (C=O) groups is 2. The summed E-state index contributed by atoms with van der Waals surface area (Å²) in [6.45, 7) is 5.25. The number of anilines is 1. The van der Waals surface area contributed by atoms with Gasteiger partial charge in [0.05, 0.1) is 5.56 Å². The molecule has 0 radical (unpaired) electrons. The lowest BCUT2D eigenvalue weighted by Crippen LogP contribution is -2.30. The van der Waals surface area contributed by atoms with Crippen LogP contribution in [0.25, 0.3) is 0 Å². The van der Waals surface area contributed by atoms with E-state index in [-0.39, 0.29) is 5.82 Å². The molecule has 0 aliphatic heterocycles. The summed E-state index contributed by atoms with van der Waals surface area (Å²) in [5, 5.41) is 6.16. The lowest BCUT2D eigenvalue weighted by atomic mass is 10.1. The Balaban J connectivity index is 1.93. The van der Waals surface area contributed by atoms with Crippen LogP contribution in [0.3, 0.4) is 0 Å². The van der Waals surface area contributed by atoms with Gasteiger partial charge in [0.15, 0.2) is 11.9 Å². The summed E-state index contributed by atoms with van der Waals surface area (Å²) < 4.78 is 9.99. The molecule has 1 heterocycles. The highest BCUT2D eigenvalue weighted by Crippen LogP contribution is 2.10. The van der Waals surface area contributed by atoms with Gasteiger partial charge < -0.3 is 14.6 Å². The highest BCUT2D eigenvalue weighted by atomic mass is 16.5. The van der Waals surface area contributed by atoms with E-state index in [4.69, 9.17) is 9.26 Å². The fourth-order valence-corrected chi connectivity index (χ4v) is 1.81. The Labute approximate surface area is 128 Å². The molecule has 1 aromatic heterocycles. The summed E-state index contributed by atoms with van der Waals surface area (Å²) in [5.41, 5.74) is 1.54. The summed E-state index contributed by atoms with van der Waals surface area (Å²) in [6, 6.07) is 8.68. The number of hydrogen-bond donors (Lipinski definition) is 1. The zero-order valence-electron chi connectivity index (χ0n) is 12.8. The molecule has 6 nitrogen and oxygen atoms in total. The summed E-state index contributed by atoms with van der Waals surface area (Å²) in [5.74, 6) is -0.137. The number of ether oxygens (including phenoxy) is 1. The van der Waals surface area contributed by atoms with E-state index in [2.05, 4.69) is 10.5 Å². The van der Waals surface area contributed by atoms with Crippen molar-refractivity contribution in [2.24, 2.45) is 0 Å². The first-order valence-corrected chi connectivity index (χ1v) is 7.03. The summed E-state index contributed by atoms with van der Waals surface area (Å²) in [4.78, 5) is 23.9. The van der Waals surface area contributed by atoms with Crippen molar-refractivity contribution >= 4 is 17.7 Å². The molecular weight excluding hydrogens is 284 g/mol. The Morgan fingerprint density at radius 1 is 1.32 bits per heavy atom. The lowest BCUT2D eigenvalue weighted by molar-refractivity contribution is -0.123. The minimum absolute atomic E-state index is 0.290. The van der Waals surface area contributed by atoms with Crippen LogP contribution in [-0.4, -0.2) is 23.1 Å². The van der Waals surface area contributed by atoms with E-state index in [1.54, 1.807) is 25.1 Å². The second-order valence-corrected chi connectivity index (χ2v) is 4.91. The van der Waals surface area contributed by atoms with E-state index in [1.165, 1.54) is 6.92 Å². The first-order chi connectivity index (χ1) is 10.5. The topological polar surface area (TPSA) is 81.4 Å². The maximum absolute atomic E-state index is 12.0. The van der Waals surface area contributed by atoms with E-state index in [0.29, 0.717) is 11.3 Å². The molecule has 22 heavy (non-hydrogen) atoms. The number of amides is 1. The van der Waals surface area contributed by atoms with Crippen LogP contribution in [0, 0.1) is 6.92 Å². The number of carbonyl (C=O) groups excluding carboxylic acids is 2. The van der Waals surface area contributed by atoms with Gasteiger partial charge in [0.1, 0.15) is 5.76 Å². The van der Waals surface area contributed by atoms with Crippen LogP contribution in [-0.2, 0) is 16.0 Å². The Kier molecular flexibility index (Phi) is 4.93. The fraction of sp³-hybridized carbons (Fsp3) is 0.312. The standard InChI is InChI=1S/C16H18N2O4/c1-4-12-5-7-13(8-6-12)16(20)21-11(3)15(19)17-14-9-10(2)22-18-14/h5-9,11H,4H2,1-3H3,(H,17,18,19)/t11-/m1/s1. The Morgan fingerprint density at radius 2 is 2.00 bits per heavy atom. The number of nitrogens with zero attached hydrogens (tertiary/aromatic N) is 1. The molecule has 1 atom stereocenters. The third-order valence-electron chi connectivity index (χ3n) is 3.13. The molecule has 0 aliphatic carbocycles. The molecule has 0 aliphatic rings. The van der Waals surface area contributed by atoms with Gasteiger partial charge in [-0.15, -0.1) is 0 Å². The first-order valence-electron chi connectivity index (χ1n) is 7.03. The predicted molar refractivity (Wildman–Crippen MR) is 80.6 cm³/mol. The van der Waals surface area contributed by atoms with Crippen LogP contribution in [0.5, 0.6) is 0 Å². The van der Waals surface area contributed by atoms with Crippen LogP contribution in [0.4, 0.5) is 5.82 Å². The molecule has 116 valence electrons. The van der Waals surface area contributed by atoms with Crippen molar-refractivity contribution in [3.8, 4) is 0 Å². The van der Waals surface area contributed by atoms with E-state index in [9.17, 15) is 9.59 Å². The number of rotatable bonds is 5. The van der Waals surface area contributed by atoms with E-state index in [1.807, 2.05) is 19.1 Å². The van der Waals surface area contributed by atoms with Gasteiger partial charge in [0.25, 0.3) is 5.91 Å². The zero-order valence-corrected chi connectivity index (χ0v) is 12.8. The maximum Gasteiger partial charge on any atom is 0.338 e. The van der Waals surface area contributed by atoms with Gasteiger partial charge in [-0.25, -0.2) is 4.79 Å². The molecule has 0 saturated carbocycles. The molecule has 0 fully saturated rings. The fourth-order valence-electron chi connectivity index (χ4n) is 1.81. The molecule has 1 N–H and O–H groups in total. The molecule has 0 saturated heterocycles. The predicted octanol–water partition coefficient (Wildman–Crippen LogP) is 2.73. The van der Waals surface area contributed by atoms with Gasteiger partial charge in [-0.2, -0.15) is 0 Å². The van der Waals surface area contributed by atoms with Crippen LogP contribution in [0.15, 0.2) is 34.9 Å². The summed E-state index contributed by atoms with van der Waals surface area (Å²) in [6.07, 6.45) is -0.0408. The average Bonchev–Trinajstić information content (AvgIpc) is 2.92. The maximum atomic E-state index is 12.0. The number of nitrogens with one attached hydrogen (secondary N) is 1. The van der Waals surface area contributed by atoms with Gasteiger partial charge in [-0.05, 0) is 38.0 Å². The molecule has 6 heteroatoms. The molecule has 2 rings (SSSR count). The van der Waals surface area contributed by atoms with Gasteiger partial charge in [-0.1, -0.05) is 24.2 Å². The molecular formula is C16H18N2O4. The first kappa shape index (κ1) is 15.8. The largest absolute Gasteiger partial charge is 0.449 e. The average molecular weight is 302 g/mol. The Hall–Kier alpha value is -2.63. The molecule has 0 spiro atoms. The van der Waals surface area contributed by atoms with Crippen LogP contribution >= 0.6 is 0 Å². The minimum Gasteiger partial charge on any atom is -0.449 e. The van der Waals surface area contributed by atoms with Crippen LogP contribution < -0.4 is 5.32 Å². The number of hydrogen-bond acceptors (Lipinski definition) is 5. The molecule has 0 bridgehead atoms. The van der Waals surface area contributed by atoms with E-state index in [0.717, 1.165) is 12.0 Å². The van der Waals surface area contributed by atoms with Gasteiger partial charge in [-0.3, -0.25) is 4.79 Å². The third kappa shape index (κ3) is 3.94. The van der Waals surface area contributed by atoms with Crippen molar-refractivity contribution in [1.29, 1.82) is 0 Å². The molecule has 2 aromatic rings.